The lowest BCUT2D eigenvalue weighted by Crippen LogP contribution is -2.23. The van der Waals surface area contributed by atoms with E-state index in [2.05, 4.69) is 11.9 Å². The lowest BCUT2D eigenvalue weighted by atomic mass is 10.1. The number of furan rings is 1. The summed E-state index contributed by atoms with van der Waals surface area (Å²) in [5.41, 5.74) is 1.38. The van der Waals surface area contributed by atoms with Crippen molar-refractivity contribution in [3.63, 3.8) is 0 Å². The number of amides is 1. The number of aryl methyl sites for hydroxylation is 1. The molecular weight excluding hydrogens is 272 g/mol. The number of non-ortho nitro benzene ring substituents is 1. The van der Waals surface area contributed by atoms with Crippen molar-refractivity contribution in [3.05, 3.63) is 64.4 Å². The Hall–Kier alpha value is -2.89. The molecule has 21 heavy (non-hydrogen) atoms. The number of nitrogens with one attached hydrogen (secondary N) is 1. The number of nitro benzene ring substituents is 1. The van der Waals surface area contributed by atoms with Gasteiger partial charge in [-0.3, -0.25) is 14.9 Å². The average Bonchev–Trinajstić information content (AvgIpc) is 2.87. The quantitative estimate of drug-likeness (QED) is 0.520. The van der Waals surface area contributed by atoms with E-state index in [0.29, 0.717) is 23.4 Å². The summed E-state index contributed by atoms with van der Waals surface area (Å²) in [4.78, 5) is 22.0. The highest BCUT2D eigenvalue weighted by Crippen LogP contribution is 2.27. The number of carbonyl (C=O) groups is 1. The first-order valence-electron chi connectivity index (χ1n) is 6.27. The van der Waals surface area contributed by atoms with Crippen molar-refractivity contribution in [2.45, 2.75) is 6.92 Å². The maximum atomic E-state index is 11.9. The molecule has 0 fully saturated rings. The number of nitrogens with zero attached hydrogens (tertiary/aromatic N) is 1. The maximum Gasteiger partial charge on any atom is 0.287 e. The Morgan fingerprint density at radius 3 is 2.67 bits per heavy atom. The SMILES string of the molecule is C=CCNC(=O)c1oc(-c2ccc([N+](=O)[O-])cc2)cc1C. The molecule has 0 aliphatic heterocycles. The Morgan fingerprint density at radius 1 is 1.43 bits per heavy atom. The van der Waals surface area contributed by atoms with Crippen molar-refractivity contribution in [3.8, 4) is 11.3 Å². The van der Waals surface area contributed by atoms with Crippen LogP contribution in [0.4, 0.5) is 5.69 Å². The van der Waals surface area contributed by atoms with E-state index in [-0.39, 0.29) is 17.4 Å². The van der Waals surface area contributed by atoms with Crippen LogP contribution in [0.2, 0.25) is 0 Å². The van der Waals surface area contributed by atoms with Gasteiger partial charge in [0.2, 0.25) is 0 Å². The van der Waals surface area contributed by atoms with Crippen LogP contribution in [0.5, 0.6) is 0 Å². The second-order valence-electron chi connectivity index (χ2n) is 4.43. The van der Waals surface area contributed by atoms with Crippen molar-refractivity contribution in [1.29, 1.82) is 0 Å². The summed E-state index contributed by atoms with van der Waals surface area (Å²) < 4.78 is 5.54. The van der Waals surface area contributed by atoms with E-state index in [4.69, 9.17) is 4.42 Å². The van der Waals surface area contributed by atoms with Crippen LogP contribution in [0.25, 0.3) is 11.3 Å². The van der Waals surface area contributed by atoms with E-state index >= 15 is 0 Å². The number of nitro groups is 1. The van der Waals surface area contributed by atoms with E-state index in [1.807, 2.05) is 0 Å². The number of carbonyl (C=O) groups excluding carboxylic acids is 1. The van der Waals surface area contributed by atoms with Gasteiger partial charge in [-0.1, -0.05) is 6.08 Å². The molecule has 1 aromatic heterocycles. The van der Waals surface area contributed by atoms with Crippen LogP contribution < -0.4 is 5.32 Å². The molecule has 0 spiro atoms. The van der Waals surface area contributed by atoms with Gasteiger partial charge in [0.1, 0.15) is 5.76 Å². The molecule has 6 nitrogen and oxygen atoms in total. The van der Waals surface area contributed by atoms with E-state index < -0.39 is 4.92 Å². The highest BCUT2D eigenvalue weighted by Gasteiger charge is 2.16. The molecule has 0 radical (unpaired) electrons. The van der Waals surface area contributed by atoms with Crippen molar-refractivity contribution >= 4 is 11.6 Å². The molecule has 0 aliphatic carbocycles. The first-order chi connectivity index (χ1) is 10.0. The fourth-order valence-electron chi connectivity index (χ4n) is 1.84. The standard InChI is InChI=1S/C15H14N2O4/c1-3-8-16-15(18)14-10(2)9-13(21-14)11-4-6-12(7-5-11)17(19)20/h3-7,9H,1,8H2,2H3,(H,16,18). The normalized spacial score (nSPS) is 10.1. The molecule has 0 aliphatic rings. The third-order valence-electron chi connectivity index (χ3n) is 2.89. The molecule has 1 aromatic carbocycles. The molecule has 1 N–H and O–H groups in total. The van der Waals surface area contributed by atoms with Crippen LogP contribution in [-0.4, -0.2) is 17.4 Å². The van der Waals surface area contributed by atoms with Gasteiger partial charge in [-0.15, -0.1) is 6.58 Å². The third kappa shape index (κ3) is 3.17. The predicted molar refractivity (Wildman–Crippen MR) is 78.1 cm³/mol. The maximum absolute atomic E-state index is 11.9. The Morgan fingerprint density at radius 2 is 2.10 bits per heavy atom. The number of hydrogen-bond donors (Lipinski definition) is 1. The highest BCUT2D eigenvalue weighted by atomic mass is 16.6. The van der Waals surface area contributed by atoms with Crippen LogP contribution in [0.15, 0.2) is 47.4 Å². The Balaban J connectivity index is 2.27. The highest BCUT2D eigenvalue weighted by molar-refractivity contribution is 5.93. The Labute approximate surface area is 121 Å². The number of hydrogen-bond acceptors (Lipinski definition) is 4. The molecule has 0 bridgehead atoms. The largest absolute Gasteiger partial charge is 0.451 e. The summed E-state index contributed by atoms with van der Waals surface area (Å²) >= 11 is 0. The Bertz CT molecular complexity index is 686. The molecule has 1 amide bonds. The molecule has 1 heterocycles. The van der Waals surface area contributed by atoms with E-state index in [9.17, 15) is 14.9 Å². The zero-order valence-corrected chi connectivity index (χ0v) is 11.5. The lowest BCUT2D eigenvalue weighted by Gasteiger charge is -2.00. The summed E-state index contributed by atoms with van der Waals surface area (Å²) in [6.45, 7) is 5.64. The Kier molecular flexibility index (Phi) is 4.18. The third-order valence-corrected chi connectivity index (χ3v) is 2.89. The molecular formula is C15H14N2O4. The predicted octanol–water partition coefficient (Wildman–Crippen LogP) is 3.08. The summed E-state index contributed by atoms with van der Waals surface area (Å²) in [5.74, 6) is 0.400. The van der Waals surface area contributed by atoms with E-state index in [0.717, 1.165) is 0 Å². The summed E-state index contributed by atoms with van der Waals surface area (Å²) in [7, 11) is 0. The van der Waals surface area contributed by atoms with Gasteiger partial charge in [-0.05, 0) is 25.1 Å². The minimum atomic E-state index is -0.467. The molecule has 0 unspecified atom stereocenters. The van der Waals surface area contributed by atoms with Gasteiger partial charge in [0.05, 0.1) is 4.92 Å². The second kappa shape index (κ2) is 6.04. The van der Waals surface area contributed by atoms with Gasteiger partial charge >= 0.3 is 0 Å². The molecule has 2 rings (SSSR count). The van der Waals surface area contributed by atoms with Crippen LogP contribution >= 0.6 is 0 Å². The van der Waals surface area contributed by atoms with Crippen LogP contribution in [0.1, 0.15) is 16.1 Å². The molecule has 0 atom stereocenters. The fourth-order valence-corrected chi connectivity index (χ4v) is 1.84. The number of rotatable bonds is 5. The summed E-state index contributed by atoms with van der Waals surface area (Å²) in [6.07, 6.45) is 1.58. The average molecular weight is 286 g/mol. The molecule has 0 saturated carbocycles. The smallest absolute Gasteiger partial charge is 0.287 e. The zero-order chi connectivity index (χ0) is 15.4. The molecule has 6 heteroatoms. The second-order valence-corrected chi connectivity index (χ2v) is 4.43. The van der Waals surface area contributed by atoms with Crippen LogP contribution in [0, 0.1) is 17.0 Å². The zero-order valence-electron chi connectivity index (χ0n) is 11.5. The fraction of sp³-hybridized carbons (Fsp3) is 0.133. The minimum absolute atomic E-state index is 0.00553. The monoisotopic (exact) mass is 286 g/mol. The van der Waals surface area contributed by atoms with Crippen molar-refractivity contribution in [2.75, 3.05) is 6.54 Å². The molecule has 2 aromatic rings. The molecule has 108 valence electrons. The van der Waals surface area contributed by atoms with Gasteiger partial charge in [-0.2, -0.15) is 0 Å². The van der Waals surface area contributed by atoms with Crippen LogP contribution in [0.3, 0.4) is 0 Å². The van der Waals surface area contributed by atoms with E-state index in [1.54, 1.807) is 31.2 Å². The van der Waals surface area contributed by atoms with Crippen molar-refractivity contribution in [2.24, 2.45) is 0 Å². The van der Waals surface area contributed by atoms with Gasteiger partial charge in [0.25, 0.3) is 11.6 Å². The first-order valence-corrected chi connectivity index (χ1v) is 6.27. The van der Waals surface area contributed by atoms with Crippen molar-refractivity contribution < 1.29 is 14.1 Å². The van der Waals surface area contributed by atoms with Crippen molar-refractivity contribution in [1.82, 2.24) is 5.32 Å². The van der Waals surface area contributed by atoms with Crippen LogP contribution in [-0.2, 0) is 0 Å². The summed E-state index contributed by atoms with van der Waals surface area (Å²) in [6, 6.07) is 7.68. The lowest BCUT2D eigenvalue weighted by molar-refractivity contribution is -0.384. The first kappa shape index (κ1) is 14.5. The van der Waals surface area contributed by atoms with Gasteiger partial charge < -0.3 is 9.73 Å². The van der Waals surface area contributed by atoms with Gasteiger partial charge in [-0.25, -0.2) is 0 Å². The minimum Gasteiger partial charge on any atom is -0.451 e. The van der Waals surface area contributed by atoms with Gasteiger partial charge in [0, 0.05) is 29.8 Å². The molecule has 0 saturated heterocycles. The van der Waals surface area contributed by atoms with E-state index in [1.165, 1.54) is 12.1 Å². The van der Waals surface area contributed by atoms with Gasteiger partial charge in [0.15, 0.2) is 5.76 Å². The summed E-state index contributed by atoms with van der Waals surface area (Å²) in [5, 5.41) is 13.3. The topological polar surface area (TPSA) is 85.4 Å². The number of benzene rings is 1.